The predicted molar refractivity (Wildman–Crippen MR) is 104 cm³/mol. The highest BCUT2D eigenvalue weighted by Gasteiger charge is 2.41. The smallest absolute Gasteiger partial charge is 0.214 e. The minimum Gasteiger partial charge on any atom is -0.493 e. The number of furan rings is 1. The fourth-order valence-electron chi connectivity index (χ4n) is 3.85. The molecule has 142 valence electrons. The van der Waals surface area contributed by atoms with Crippen LogP contribution in [0.1, 0.15) is 35.6 Å². The van der Waals surface area contributed by atoms with Crippen LogP contribution < -0.4 is 14.2 Å². The molecule has 0 bridgehead atoms. The standard InChI is InChI=1S/C22H20N2O4/c1-25-20-10-9-14(12-21(20)26-2)22-24-17(15-6-3-4-7-18(15)28-22)13-16(23-24)19-8-5-11-27-19/h3-12,17,22H,13H2,1-2H3/t17-,22-/m1/s1. The van der Waals surface area contributed by atoms with Gasteiger partial charge >= 0.3 is 0 Å². The summed E-state index contributed by atoms with van der Waals surface area (Å²) in [6, 6.07) is 17.8. The Morgan fingerprint density at radius 1 is 1.00 bits per heavy atom. The Labute approximate surface area is 162 Å². The summed E-state index contributed by atoms with van der Waals surface area (Å²) in [5, 5.41) is 6.88. The van der Waals surface area contributed by atoms with E-state index in [1.807, 2.05) is 53.5 Å². The molecule has 2 aromatic carbocycles. The summed E-state index contributed by atoms with van der Waals surface area (Å²) in [5.41, 5.74) is 2.99. The number of rotatable bonds is 4. The first-order valence-electron chi connectivity index (χ1n) is 9.15. The largest absolute Gasteiger partial charge is 0.493 e. The molecule has 2 aliphatic heterocycles. The van der Waals surface area contributed by atoms with Crippen LogP contribution in [0, 0.1) is 0 Å². The van der Waals surface area contributed by atoms with Crippen LogP contribution in [0.4, 0.5) is 0 Å². The number of hydrazone groups is 1. The molecule has 0 fully saturated rings. The van der Waals surface area contributed by atoms with Crippen molar-refractivity contribution in [2.24, 2.45) is 5.10 Å². The van der Waals surface area contributed by atoms with Crippen LogP contribution in [0.25, 0.3) is 0 Å². The van der Waals surface area contributed by atoms with Crippen LogP contribution in [-0.4, -0.2) is 24.9 Å². The van der Waals surface area contributed by atoms with Crippen LogP contribution in [0.3, 0.4) is 0 Å². The summed E-state index contributed by atoms with van der Waals surface area (Å²) in [6.07, 6.45) is 2.07. The molecule has 0 spiro atoms. The first-order valence-corrected chi connectivity index (χ1v) is 9.15. The van der Waals surface area contributed by atoms with Gasteiger partial charge in [0.05, 0.1) is 26.5 Å². The van der Waals surface area contributed by atoms with Gasteiger partial charge in [-0.05, 0) is 36.4 Å². The summed E-state index contributed by atoms with van der Waals surface area (Å²) in [5.74, 6) is 3.01. The number of hydrogen-bond acceptors (Lipinski definition) is 6. The molecule has 6 heteroatoms. The van der Waals surface area contributed by atoms with Gasteiger partial charge in [0.15, 0.2) is 11.5 Å². The molecule has 0 N–H and O–H groups in total. The van der Waals surface area contributed by atoms with Gasteiger partial charge in [-0.15, -0.1) is 0 Å². The Kier molecular flexibility index (Phi) is 3.97. The highest BCUT2D eigenvalue weighted by Crippen LogP contribution is 2.48. The van der Waals surface area contributed by atoms with Gasteiger partial charge in [0.2, 0.25) is 6.23 Å². The second kappa shape index (κ2) is 6.64. The summed E-state index contributed by atoms with van der Waals surface area (Å²) in [7, 11) is 3.26. The Balaban J connectivity index is 1.59. The number of para-hydroxylation sites is 1. The van der Waals surface area contributed by atoms with Gasteiger partial charge in [0.1, 0.15) is 17.2 Å². The third kappa shape index (κ3) is 2.60. The monoisotopic (exact) mass is 376 g/mol. The van der Waals surface area contributed by atoms with E-state index in [4.69, 9.17) is 23.7 Å². The van der Waals surface area contributed by atoms with E-state index in [0.29, 0.717) is 11.5 Å². The van der Waals surface area contributed by atoms with E-state index < -0.39 is 0 Å². The first-order chi connectivity index (χ1) is 13.8. The first kappa shape index (κ1) is 16.7. The lowest BCUT2D eigenvalue weighted by Gasteiger charge is -2.38. The molecule has 5 rings (SSSR count). The maximum Gasteiger partial charge on any atom is 0.214 e. The van der Waals surface area contributed by atoms with Crippen LogP contribution in [0.5, 0.6) is 17.2 Å². The minimum atomic E-state index is -0.368. The molecule has 6 nitrogen and oxygen atoms in total. The molecule has 0 unspecified atom stereocenters. The molecule has 3 heterocycles. The zero-order valence-corrected chi connectivity index (χ0v) is 15.7. The molecule has 28 heavy (non-hydrogen) atoms. The SMILES string of the molecule is COc1ccc([C@H]2Oc3ccccc3[C@H]3CC(c4ccco4)=NN32)cc1OC. The van der Waals surface area contributed by atoms with Gasteiger partial charge in [0.25, 0.3) is 0 Å². The lowest BCUT2D eigenvalue weighted by molar-refractivity contribution is -0.0191. The Morgan fingerprint density at radius 3 is 2.64 bits per heavy atom. The van der Waals surface area contributed by atoms with Crippen molar-refractivity contribution >= 4 is 5.71 Å². The van der Waals surface area contributed by atoms with E-state index >= 15 is 0 Å². The third-order valence-corrected chi connectivity index (χ3v) is 5.20. The maximum absolute atomic E-state index is 6.36. The molecule has 0 amide bonds. The highest BCUT2D eigenvalue weighted by atomic mass is 16.5. The van der Waals surface area contributed by atoms with Crippen LogP contribution in [0.2, 0.25) is 0 Å². The van der Waals surface area contributed by atoms with E-state index in [1.165, 1.54) is 0 Å². The molecule has 2 atom stereocenters. The predicted octanol–water partition coefficient (Wildman–Crippen LogP) is 4.54. The molecule has 0 aliphatic carbocycles. The van der Waals surface area contributed by atoms with Crippen molar-refractivity contribution in [3.63, 3.8) is 0 Å². The van der Waals surface area contributed by atoms with Gasteiger partial charge in [-0.3, -0.25) is 0 Å². The van der Waals surface area contributed by atoms with Gasteiger partial charge in [-0.1, -0.05) is 18.2 Å². The second-order valence-electron chi connectivity index (χ2n) is 6.75. The van der Waals surface area contributed by atoms with Crippen molar-refractivity contribution in [1.29, 1.82) is 0 Å². The van der Waals surface area contributed by atoms with E-state index in [1.54, 1.807) is 20.5 Å². The number of benzene rings is 2. The van der Waals surface area contributed by atoms with Crippen molar-refractivity contribution in [2.75, 3.05) is 14.2 Å². The lowest BCUT2D eigenvalue weighted by atomic mass is 9.97. The number of nitrogens with zero attached hydrogens (tertiary/aromatic N) is 2. The average Bonchev–Trinajstić information content (AvgIpc) is 3.42. The fourth-order valence-corrected chi connectivity index (χ4v) is 3.85. The quantitative estimate of drug-likeness (QED) is 0.669. The Morgan fingerprint density at radius 2 is 1.86 bits per heavy atom. The summed E-state index contributed by atoms with van der Waals surface area (Å²) in [6.45, 7) is 0. The third-order valence-electron chi connectivity index (χ3n) is 5.20. The molecule has 0 saturated heterocycles. The average molecular weight is 376 g/mol. The van der Waals surface area contributed by atoms with E-state index in [0.717, 1.165) is 34.8 Å². The summed E-state index contributed by atoms with van der Waals surface area (Å²) < 4.78 is 22.8. The van der Waals surface area contributed by atoms with Gasteiger partial charge in [-0.2, -0.15) is 5.10 Å². The van der Waals surface area contributed by atoms with Crippen molar-refractivity contribution in [2.45, 2.75) is 18.7 Å². The zero-order valence-electron chi connectivity index (χ0n) is 15.7. The molecule has 3 aromatic rings. The van der Waals surface area contributed by atoms with E-state index in [-0.39, 0.29) is 12.3 Å². The van der Waals surface area contributed by atoms with Gasteiger partial charge in [0, 0.05) is 17.5 Å². The molecule has 0 radical (unpaired) electrons. The zero-order chi connectivity index (χ0) is 19.1. The van der Waals surface area contributed by atoms with Crippen molar-refractivity contribution in [1.82, 2.24) is 5.01 Å². The Hall–Kier alpha value is -3.41. The summed E-state index contributed by atoms with van der Waals surface area (Å²) >= 11 is 0. The molecule has 2 aliphatic rings. The number of ether oxygens (including phenoxy) is 3. The Bertz CT molecular complexity index is 1030. The topological polar surface area (TPSA) is 56.4 Å². The van der Waals surface area contributed by atoms with E-state index in [9.17, 15) is 0 Å². The second-order valence-corrected chi connectivity index (χ2v) is 6.75. The van der Waals surface area contributed by atoms with E-state index in [2.05, 4.69) is 6.07 Å². The number of fused-ring (bicyclic) bond motifs is 3. The van der Waals surface area contributed by atoms with Gasteiger partial charge in [-0.25, -0.2) is 5.01 Å². The normalized spacial score (nSPS) is 20.1. The van der Waals surface area contributed by atoms with Crippen molar-refractivity contribution in [3.05, 3.63) is 77.7 Å². The minimum absolute atomic E-state index is 0.0862. The highest BCUT2D eigenvalue weighted by molar-refractivity contribution is 5.99. The molecule has 1 aromatic heterocycles. The van der Waals surface area contributed by atoms with Gasteiger partial charge < -0.3 is 18.6 Å². The number of methoxy groups -OCH3 is 2. The number of hydrogen-bond donors (Lipinski definition) is 0. The van der Waals surface area contributed by atoms with Crippen molar-refractivity contribution < 1.29 is 18.6 Å². The van der Waals surface area contributed by atoms with Crippen LogP contribution in [0.15, 0.2) is 70.4 Å². The van der Waals surface area contributed by atoms with Crippen LogP contribution >= 0.6 is 0 Å². The summed E-state index contributed by atoms with van der Waals surface area (Å²) in [4.78, 5) is 0. The van der Waals surface area contributed by atoms with Crippen LogP contribution in [-0.2, 0) is 0 Å². The maximum atomic E-state index is 6.36. The fraction of sp³-hybridized carbons (Fsp3) is 0.227. The van der Waals surface area contributed by atoms with Crippen molar-refractivity contribution in [3.8, 4) is 17.2 Å². The molecule has 0 saturated carbocycles. The molecular weight excluding hydrogens is 356 g/mol. The molecular formula is C22H20N2O4. The lowest BCUT2D eigenvalue weighted by Crippen LogP contribution is -2.33.